The minimum Gasteiger partial charge on any atom is -0.484 e. The van der Waals surface area contributed by atoms with Gasteiger partial charge in [-0.15, -0.1) is 0 Å². The van der Waals surface area contributed by atoms with Crippen LogP contribution in [-0.2, 0) is 16.1 Å². The number of hydrogen-bond donors (Lipinski definition) is 1. The van der Waals surface area contributed by atoms with Crippen molar-refractivity contribution in [1.82, 2.24) is 10.2 Å². The number of halogens is 1. The SMILES string of the molecule is CCNC(=O)[C@@H](C)N(Cc1ccccc1)C(=O)COc1ccc(I)cc1. The predicted octanol–water partition coefficient (Wildman–Crippen LogP) is 3.22. The van der Waals surface area contributed by atoms with Crippen molar-refractivity contribution >= 4 is 34.4 Å². The molecule has 2 rings (SSSR count). The van der Waals surface area contributed by atoms with Crippen LogP contribution in [-0.4, -0.2) is 35.9 Å². The van der Waals surface area contributed by atoms with Gasteiger partial charge in [0, 0.05) is 16.7 Å². The topological polar surface area (TPSA) is 58.6 Å². The van der Waals surface area contributed by atoms with E-state index in [4.69, 9.17) is 4.74 Å². The first-order valence-electron chi connectivity index (χ1n) is 8.50. The Morgan fingerprint density at radius 2 is 1.77 bits per heavy atom. The molecule has 0 aliphatic rings. The standard InChI is InChI=1S/C20H23IN2O3/c1-3-22-20(25)15(2)23(13-16-7-5-4-6-8-16)19(24)14-26-18-11-9-17(21)10-12-18/h4-12,15H,3,13-14H2,1-2H3,(H,22,25)/t15-/m1/s1. The lowest BCUT2D eigenvalue weighted by Gasteiger charge is -2.28. The minimum atomic E-state index is -0.581. The Kier molecular flexibility index (Phi) is 7.90. The quantitative estimate of drug-likeness (QED) is 0.608. The van der Waals surface area contributed by atoms with Gasteiger partial charge < -0.3 is 15.0 Å². The van der Waals surface area contributed by atoms with Gasteiger partial charge >= 0.3 is 0 Å². The fraction of sp³-hybridized carbons (Fsp3) is 0.300. The van der Waals surface area contributed by atoms with Gasteiger partial charge in [0.15, 0.2) is 6.61 Å². The molecule has 0 aromatic heterocycles. The molecule has 0 aliphatic carbocycles. The number of nitrogens with zero attached hydrogens (tertiary/aromatic N) is 1. The van der Waals surface area contributed by atoms with E-state index in [1.165, 1.54) is 0 Å². The first-order valence-corrected chi connectivity index (χ1v) is 9.58. The summed E-state index contributed by atoms with van der Waals surface area (Å²) < 4.78 is 6.70. The fourth-order valence-corrected chi connectivity index (χ4v) is 2.80. The van der Waals surface area contributed by atoms with Crippen LogP contribution in [0.5, 0.6) is 5.75 Å². The summed E-state index contributed by atoms with van der Waals surface area (Å²) in [7, 11) is 0. The summed E-state index contributed by atoms with van der Waals surface area (Å²) in [6, 6.07) is 16.5. The third-order valence-corrected chi connectivity index (χ3v) is 4.61. The molecule has 2 aromatic rings. The number of benzene rings is 2. The number of carbonyl (C=O) groups is 2. The highest BCUT2D eigenvalue weighted by atomic mass is 127. The Labute approximate surface area is 167 Å². The summed E-state index contributed by atoms with van der Waals surface area (Å²) in [5.74, 6) is 0.223. The van der Waals surface area contributed by atoms with Crippen LogP contribution in [0.4, 0.5) is 0 Å². The summed E-state index contributed by atoms with van der Waals surface area (Å²) in [4.78, 5) is 26.6. The van der Waals surface area contributed by atoms with Crippen LogP contribution < -0.4 is 10.1 Å². The second-order valence-electron chi connectivity index (χ2n) is 5.82. The average Bonchev–Trinajstić information content (AvgIpc) is 2.66. The Bertz CT molecular complexity index is 720. The molecule has 0 bridgehead atoms. The van der Waals surface area contributed by atoms with Gasteiger partial charge in [-0.3, -0.25) is 9.59 Å². The van der Waals surface area contributed by atoms with E-state index >= 15 is 0 Å². The zero-order chi connectivity index (χ0) is 18.9. The summed E-state index contributed by atoms with van der Waals surface area (Å²) in [6.07, 6.45) is 0. The molecule has 0 radical (unpaired) electrons. The van der Waals surface area contributed by atoms with Gasteiger partial charge in [0.1, 0.15) is 11.8 Å². The average molecular weight is 466 g/mol. The summed E-state index contributed by atoms with van der Waals surface area (Å²) in [5, 5.41) is 2.77. The highest BCUT2D eigenvalue weighted by Gasteiger charge is 2.26. The molecule has 138 valence electrons. The zero-order valence-electron chi connectivity index (χ0n) is 14.9. The van der Waals surface area contributed by atoms with Crippen molar-refractivity contribution < 1.29 is 14.3 Å². The molecule has 2 amide bonds. The molecule has 0 fully saturated rings. The maximum Gasteiger partial charge on any atom is 0.261 e. The molecule has 0 spiro atoms. The van der Waals surface area contributed by atoms with E-state index in [1.807, 2.05) is 61.5 Å². The Balaban J connectivity index is 2.09. The van der Waals surface area contributed by atoms with Gasteiger partial charge in [0.05, 0.1) is 0 Å². The van der Waals surface area contributed by atoms with Gasteiger partial charge in [0.25, 0.3) is 5.91 Å². The van der Waals surface area contributed by atoms with Crippen LogP contribution in [0, 0.1) is 3.57 Å². The van der Waals surface area contributed by atoms with Gasteiger partial charge in [-0.2, -0.15) is 0 Å². The third-order valence-electron chi connectivity index (χ3n) is 3.89. The number of hydrogen-bond acceptors (Lipinski definition) is 3. The lowest BCUT2D eigenvalue weighted by molar-refractivity contribution is -0.142. The molecule has 6 heteroatoms. The van der Waals surface area contributed by atoms with Crippen LogP contribution in [0.15, 0.2) is 54.6 Å². The molecular formula is C20H23IN2O3. The van der Waals surface area contributed by atoms with Crippen molar-refractivity contribution in [3.05, 3.63) is 63.7 Å². The summed E-state index contributed by atoms with van der Waals surface area (Å²) in [6.45, 7) is 4.35. The number of nitrogens with one attached hydrogen (secondary N) is 1. The smallest absolute Gasteiger partial charge is 0.261 e. The lowest BCUT2D eigenvalue weighted by atomic mass is 10.1. The number of carbonyl (C=O) groups excluding carboxylic acids is 2. The van der Waals surface area contributed by atoms with Gasteiger partial charge in [0.2, 0.25) is 5.91 Å². The van der Waals surface area contributed by atoms with E-state index < -0.39 is 6.04 Å². The predicted molar refractivity (Wildman–Crippen MR) is 110 cm³/mol. The summed E-state index contributed by atoms with van der Waals surface area (Å²) >= 11 is 2.21. The molecule has 0 saturated carbocycles. The van der Waals surface area contributed by atoms with E-state index in [0.717, 1.165) is 9.13 Å². The van der Waals surface area contributed by atoms with Crippen LogP contribution in [0.1, 0.15) is 19.4 Å². The Hall–Kier alpha value is -2.09. The first-order chi connectivity index (χ1) is 12.5. The highest BCUT2D eigenvalue weighted by molar-refractivity contribution is 14.1. The highest BCUT2D eigenvalue weighted by Crippen LogP contribution is 2.15. The monoisotopic (exact) mass is 466 g/mol. The van der Waals surface area contributed by atoms with E-state index in [9.17, 15) is 9.59 Å². The maximum absolute atomic E-state index is 12.8. The van der Waals surface area contributed by atoms with Gasteiger partial charge in [-0.25, -0.2) is 0 Å². The van der Waals surface area contributed by atoms with Gasteiger partial charge in [-0.1, -0.05) is 30.3 Å². The molecule has 2 aromatic carbocycles. The molecule has 1 atom stereocenters. The van der Waals surface area contributed by atoms with Crippen LogP contribution in [0.3, 0.4) is 0 Å². The van der Waals surface area contributed by atoms with Crippen molar-refractivity contribution in [1.29, 1.82) is 0 Å². The second kappa shape index (κ2) is 10.2. The van der Waals surface area contributed by atoms with E-state index in [-0.39, 0.29) is 18.4 Å². The van der Waals surface area contributed by atoms with Crippen molar-refractivity contribution in [3.63, 3.8) is 0 Å². The molecule has 1 N–H and O–H groups in total. The number of amides is 2. The van der Waals surface area contributed by atoms with E-state index in [0.29, 0.717) is 18.8 Å². The van der Waals surface area contributed by atoms with Crippen molar-refractivity contribution in [2.75, 3.05) is 13.2 Å². The lowest BCUT2D eigenvalue weighted by Crippen LogP contribution is -2.49. The van der Waals surface area contributed by atoms with Crippen molar-refractivity contribution in [2.45, 2.75) is 26.4 Å². The molecule has 26 heavy (non-hydrogen) atoms. The van der Waals surface area contributed by atoms with Crippen LogP contribution in [0.2, 0.25) is 0 Å². The van der Waals surface area contributed by atoms with Crippen molar-refractivity contribution in [2.24, 2.45) is 0 Å². The molecule has 0 unspecified atom stereocenters. The number of rotatable bonds is 8. The molecule has 0 aliphatic heterocycles. The van der Waals surface area contributed by atoms with Crippen molar-refractivity contribution in [3.8, 4) is 5.75 Å². The Morgan fingerprint density at radius 1 is 1.12 bits per heavy atom. The maximum atomic E-state index is 12.8. The second-order valence-corrected chi connectivity index (χ2v) is 7.07. The fourth-order valence-electron chi connectivity index (χ4n) is 2.44. The van der Waals surface area contributed by atoms with Crippen LogP contribution >= 0.6 is 22.6 Å². The van der Waals surface area contributed by atoms with E-state index in [1.54, 1.807) is 11.8 Å². The third kappa shape index (κ3) is 6.01. The number of likely N-dealkylation sites (N-methyl/N-ethyl adjacent to an activating group) is 1. The van der Waals surface area contributed by atoms with E-state index in [2.05, 4.69) is 27.9 Å². The largest absolute Gasteiger partial charge is 0.484 e. The molecule has 5 nitrogen and oxygen atoms in total. The molecule has 0 heterocycles. The minimum absolute atomic E-state index is 0.114. The van der Waals surface area contributed by atoms with Crippen LogP contribution in [0.25, 0.3) is 0 Å². The first kappa shape index (κ1) is 20.2. The number of ether oxygens (including phenoxy) is 1. The zero-order valence-corrected chi connectivity index (χ0v) is 17.1. The molecule has 0 saturated heterocycles. The van der Waals surface area contributed by atoms with Gasteiger partial charge in [-0.05, 0) is 66.3 Å². The summed E-state index contributed by atoms with van der Waals surface area (Å²) in [5.41, 5.74) is 0.964. The normalized spacial score (nSPS) is 11.5. The Morgan fingerprint density at radius 3 is 2.38 bits per heavy atom. The molecular weight excluding hydrogens is 443 g/mol.